The van der Waals surface area contributed by atoms with Crippen LogP contribution in [0.3, 0.4) is 0 Å². The van der Waals surface area contributed by atoms with E-state index in [-0.39, 0.29) is 18.2 Å². The molecular weight excluding hydrogens is 372 g/mol. The molecule has 0 spiro atoms. The maximum atomic E-state index is 12.6. The van der Waals surface area contributed by atoms with E-state index in [1.54, 1.807) is 23.6 Å². The van der Waals surface area contributed by atoms with Gasteiger partial charge in [-0.25, -0.2) is 4.68 Å². The summed E-state index contributed by atoms with van der Waals surface area (Å²) >= 11 is 2.90. The Morgan fingerprint density at radius 2 is 2.04 bits per heavy atom. The zero-order chi connectivity index (χ0) is 18.5. The fraction of sp³-hybridized carbons (Fsp3) is 0.312. The number of methoxy groups -OCH3 is 1. The van der Waals surface area contributed by atoms with E-state index in [0.717, 1.165) is 21.3 Å². The highest BCUT2D eigenvalue weighted by Gasteiger charge is 2.22. The number of anilines is 1. The molecule has 0 bridgehead atoms. The molecule has 0 saturated heterocycles. The third-order valence-corrected chi connectivity index (χ3v) is 5.29. The number of benzene rings is 1. The van der Waals surface area contributed by atoms with Crippen LogP contribution in [0, 0.1) is 6.92 Å². The van der Waals surface area contributed by atoms with Crippen LogP contribution in [0.15, 0.2) is 28.6 Å². The first kappa shape index (κ1) is 18.5. The average Bonchev–Trinajstić information content (AvgIpc) is 3.23. The second-order valence-corrected chi connectivity index (χ2v) is 7.81. The summed E-state index contributed by atoms with van der Waals surface area (Å²) in [5.74, 6) is 0.505. The number of aryl methyl sites for hydroxylation is 1. The van der Waals surface area contributed by atoms with Crippen LogP contribution >= 0.6 is 23.1 Å². The van der Waals surface area contributed by atoms with Gasteiger partial charge in [-0.15, -0.1) is 15.3 Å². The van der Waals surface area contributed by atoms with Crippen LogP contribution in [0.2, 0.25) is 0 Å². The van der Waals surface area contributed by atoms with Crippen molar-refractivity contribution in [2.75, 3.05) is 18.2 Å². The van der Waals surface area contributed by atoms with Gasteiger partial charge < -0.3 is 4.74 Å². The number of aromatic nitrogens is 5. The number of ether oxygens (including phenoxy) is 1. The summed E-state index contributed by atoms with van der Waals surface area (Å²) in [6.07, 6.45) is 0. The van der Waals surface area contributed by atoms with Gasteiger partial charge in [-0.2, -0.15) is 0 Å². The van der Waals surface area contributed by atoms with Crippen LogP contribution < -0.4 is 5.32 Å². The van der Waals surface area contributed by atoms with Crippen molar-refractivity contribution in [3.8, 4) is 5.69 Å². The highest BCUT2D eigenvalue weighted by molar-refractivity contribution is 8.01. The Kier molecular flexibility index (Phi) is 5.96. The van der Waals surface area contributed by atoms with E-state index in [0.29, 0.717) is 10.8 Å². The zero-order valence-electron chi connectivity index (χ0n) is 14.6. The minimum atomic E-state index is -0.389. The quantitative estimate of drug-likeness (QED) is 0.489. The van der Waals surface area contributed by atoms with Crippen molar-refractivity contribution >= 4 is 34.1 Å². The van der Waals surface area contributed by atoms with Gasteiger partial charge in [-0.1, -0.05) is 52.9 Å². The lowest BCUT2D eigenvalue weighted by molar-refractivity contribution is 0.101. The highest BCUT2D eigenvalue weighted by atomic mass is 32.2. The van der Waals surface area contributed by atoms with Gasteiger partial charge in [0.1, 0.15) is 5.69 Å². The fourth-order valence-corrected chi connectivity index (χ4v) is 3.88. The highest BCUT2D eigenvalue weighted by Crippen LogP contribution is 2.25. The van der Waals surface area contributed by atoms with Crippen LogP contribution in [0.1, 0.15) is 28.7 Å². The molecule has 2 heterocycles. The fourth-order valence-electron chi connectivity index (χ4n) is 2.24. The molecule has 0 aliphatic heterocycles. The molecule has 8 nitrogen and oxygen atoms in total. The van der Waals surface area contributed by atoms with Crippen molar-refractivity contribution in [2.24, 2.45) is 0 Å². The van der Waals surface area contributed by atoms with Gasteiger partial charge in [0.15, 0.2) is 10.0 Å². The third kappa shape index (κ3) is 4.09. The standard InChI is InChI=1S/C16H18N6O2S2/c1-4-25-16-20-19-15(26-16)17-14(23)13-12(9-24-3)22(21-18-13)11-7-5-10(2)6-8-11/h5-8H,4,9H2,1-3H3,(H,17,19,23). The number of nitrogens with one attached hydrogen (secondary N) is 1. The maximum absolute atomic E-state index is 12.6. The van der Waals surface area contributed by atoms with E-state index in [2.05, 4.69) is 25.8 Å². The minimum absolute atomic E-state index is 0.201. The molecule has 1 N–H and O–H groups in total. The first-order valence-corrected chi connectivity index (χ1v) is 9.70. The number of carbonyl (C=O) groups excluding carboxylic acids is 1. The summed E-state index contributed by atoms with van der Waals surface area (Å²) < 4.78 is 7.66. The van der Waals surface area contributed by atoms with Gasteiger partial charge in [-0.3, -0.25) is 10.1 Å². The molecule has 10 heteroatoms. The molecule has 0 aliphatic carbocycles. The SMILES string of the molecule is CCSc1nnc(NC(=O)c2nnn(-c3ccc(C)cc3)c2COC)s1. The Balaban J connectivity index is 1.86. The Labute approximate surface area is 159 Å². The van der Waals surface area contributed by atoms with Crippen LogP contribution in [0.4, 0.5) is 5.13 Å². The van der Waals surface area contributed by atoms with Crippen molar-refractivity contribution in [2.45, 2.75) is 24.8 Å². The normalized spacial score (nSPS) is 10.9. The number of hydrogen-bond donors (Lipinski definition) is 1. The molecule has 0 atom stereocenters. The lowest BCUT2D eigenvalue weighted by Crippen LogP contribution is -2.16. The molecule has 0 aliphatic rings. The summed E-state index contributed by atoms with van der Waals surface area (Å²) in [5.41, 5.74) is 2.72. The number of nitrogens with zero attached hydrogens (tertiary/aromatic N) is 5. The van der Waals surface area contributed by atoms with E-state index in [1.807, 2.05) is 38.1 Å². The third-order valence-electron chi connectivity index (χ3n) is 3.43. The second kappa shape index (κ2) is 8.39. The number of amides is 1. The number of carbonyl (C=O) groups is 1. The molecule has 1 aromatic carbocycles. The largest absolute Gasteiger partial charge is 0.378 e. The number of thioether (sulfide) groups is 1. The molecule has 3 aromatic rings. The molecule has 0 unspecified atom stereocenters. The summed E-state index contributed by atoms with van der Waals surface area (Å²) in [7, 11) is 1.56. The van der Waals surface area contributed by atoms with E-state index in [9.17, 15) is 4.79 Å². The smallest absolute Gasteiger partial charge is 0.280 e. The van der Waals surface area contributed by atoms with Gasteiger partial charge in [0.2, 0.25) is 5.13 Å². The number of hydrogen-bond acceptors (Lipinski definition) is 8. The monoisotopic (exact) mass is 390 g/mol. The summed E-state index contributed by atoms with van der Waals surface area (Å²) in [6.45, 7) is 4.24. The Morgan fingerprint density at radius 3 is 2.73 bits per heavy atom. The first-order chi connectivity index (χ1) is 12.6. The molecular formula is C16H18N6O2S2. The van der Waals surface area contributed by atoms with Crippen LogP contribution in [0.5, 0.6) is 0 Å². The maximum Gasteiger partial charge on any atom is 0.280 e. The van der Waals surface area contributed by atoms with Crippen LogP contribution in [-0.4, -0.2) is 44.0 Å². The van der Waals surface area contributed by atoms with Crippen LogP contribution in [-0.2, 0) is 11.3 Å². The van der Waals surface area contributed by atoms with Crippen molar-refractivity contribution in [3.63, 3.8) is 0 Å². The summed E-state index contributed by atoms with van der Waals surface area (Å²) in [6, 6.07) is 7.79. The topological polar surface area (TPSA) is 94.8 Å². The van der Waals surface area contributed by atoms with Crippen molar-refractivity contribution in [1.29, 1.82) is 0 Å². The molecule has 0 saturated carbocycles. The lowest BCUT2D eigenvalue weighted by atomic mass is 10.2. The Bertz CT molecular complexity index is 891. The van der Waals surface area contributed by atoms with Gasteiger partial charge in [-0.05, 0) is 24.8 Å². The molecule has 2 aromatic heterocycles. The Hall–Kier alpha value is -2.30. The summed E-state index contributed by atoms with van der Waals surface area (Å²) in [5, 5.41) is 19.3. The van der Waals surface area contributed by atoms with Crippen molar-refractivity contribution in [3.05, 3.63) is 41.2 Å². The van der Waals surface area contributed by atoms with Crippen LogP contribution in [0.25, 0.3) is 5.69 Å². The van der Waals surface area contributed by atoms with E-state index >= 15 is 0 Å². The number of rotatable bonds is 7. The Morgan fingerprint density at radius 1 is 1.27 bits per heavy atom. The van der Waals surface area contributed by atoms with E-state index in [4.69, 9.17) is 4.74 Å². The van der Waals surface area contributed by atoms with Crippen molar-refractivity contribution in [1.82, 2.24) is 25.2 Å². The molecule has 0 radical (unpaired) electrons. The van der Waals surface area contributed by atoms with Crippen molar-refractivity contribution < 1.29 is 9.53 Å². The van der Waals surface area contributed by atoms with Gasteiger partial charge in [0, 0.05) is 7.11 Å². The van der Waals surface area contributed by atoms with Gasteiger partial charge in [0.05, 0.1) is 12.3 Å². The first-order valence-electron chi connectivity index (χ1n) is 7.90. The predicted molar refractivity (Wildman–Crippen MR) is 101 cm³/mol. The lowest BCUT2D eigenvalue weighted by Gasteiger charge is -2.07. The summed E-state index contributed by atoms with van der Waals surface area (Å²) in [4.78, 5) is 12.6. The zero-order valence-corrected chi connectivity index (χ0v) is 16.2. The van der Waals surface area contributed by atoms with E-state index in [1.165, 1.54) is 11.3 Å². The molecule has 26 heavy (non-hydrogen) atoms. The minimum Gasteiger partial charge on any atom is -0.378 e. The molecule has 1 amide bonds. The average molecular weight is 390 g/mol. The second-order valence-electron chi connectivity index (χ2n) is 5.33. The molecule has 136 valence electrons. The van der Waals surface area contributed by atoms with Gasteiger partial charge >= 0.3 is 0 Å². The molecule has 0 fully saturated rings. The molecule has 3 rings (SSSR count). The van der Waals surface area contributed by atoms with Gasteiger partial charge in [0.25, 0.3) is 5.91 Å². The van der Waals surface area contributed by atoms with E-state index < -0.39 is 0 Å². The predicted octanol–water partition coefficient (Wildman–Crippen LogP) is 2.94.